The summed E-state index contributed by atoms with van der Waals surface area (Å²) in [5.74, 6) is 0. The van der Waals surface area contributed by atoms with Gasteiger partial charge in [0.2, 0.25) is 10.0 Å². The number of hydrogen-bond acceptors (Lipinski definition) is 3. The quantitative estimate of drug-likeness (QED) is 0.727. The molecule has 0 aliphatic carbocycles. The Labute approximate surface area is 165 Å². The third kappa shape index (κ3) is 5.11. The lowest BCUT2D eigenvalue weighted by Gasteiger charge is -2.23. The molecule has 2 rings (SSSR count). The van der Waals surface area contributed by atoms with Gasteiger partial charge in [0.1, 0.15) is 10.9 Å². The van der Waals surface area contributed by atoms with Crippen molar-refractivity contribution in [1.82, 2.24) is 4.72 Å². The largest absolute Gasteiger partial charge is 0.378 e. The summed E-state index contributed by atoms with van der Waals surface area (Å²) in [7, 11) is 4.18. The zero-order valence-corrected chi connectivity index (χ0v) is 17.6. The van der Waals surface area contributed by atoms with Crippen LogP contribution in [0.4, 0.5) is 5.69 Å². The Kier molecular flexibility index (Phi) is 6.93. The Morgan fingerprint density at radius 1 is 1.08 bits per heavy atom. The number of nitrogens with one attached hydrogen (secondary N) is 2. The van der Waals surface area contributed by atoms with Gasteiger partial charge in [0.15, 0.2) is 0 Å². The van der Waals surface area contributed by atoms with Gasteiger partial charge in [-0.3, -0.25) is 0 Å². The molecule has 0 heterocycles. The predicted molar refractivity (Wildman–Crippen MR) is 108 cm³/mol. The molecule has 0 unspecified atom stereocenters. The Morgan fingerprint density at radius 2 is 1.69 bits per heavy atom. The van der Waals surface area contributed by atoms with E-state index in [1.165, 1.54) is 12.1 Å². The summed E-state index contributed by atoms with van der Waals surface area (Å²) >= 11 is 11.9. The highest BCUT2D eigenvalue weighted by molar-refractivity contribution is 7.89. The minimum atomic E-state index is -3.76. The summed E-state index contributed by atoms with van der Waals surface area (Å²) < 4.78 is 27.9. The van der Waals surface area contributed by atoms with Gasteiger partial charge in [0.05, 0.1) is 25.7 Å². The summed E-state index contributed by atoms with van der Waals surface area (Å²) in [6.07, 6.45) is 0. The van der Waals surface area contributed by atoms with Crippen molar-refractivity contribution in [1.29, 1.82) is 0 Å². The van der Waals surface area contributed by atoms with E-state index in [0.717, 1.165) is 16.2 Å². The van der Waals surface area contributed by atoms with E-state index in [0.29, 0.717) is 5.02 Å². The number of halogens is 2. The molecular weight excluding hydrogens is 393 g/mol. The van der Waals surface area contributed by atoms with E-state index in [2.05, 4.69) is 4.72 Å². The number of rotatable bonds is 7. The van der Waals surface area contributed by atoms with Crippen LogP contribution in [0.5, 0.6) is 0 Å². The van der Waals surface area contributed by atoms with E-state index in [1.54, 1.807) is 6.07 Å². The second kappa shape index (κ2) is 8.59. The molecule has 0 amide bonds. The van der Waals surface area contributed by atoms with Crippen molar-refractivity contribution in [3.8, 4) is 0 Å². The van der Waals surface area contributed by atoms with Crippen molar-refractivity contribution in [3.63, 3.8) is 0 Å². The summed E-state index contributed by atoms with van der Waals surface area (Å²) in [4.78, 5) is 3.12. The maximum Gasteiger partial charge on any atom is 0.242 e. The van der Waals surface area contributed by atoms with E-state index < -0.39 is 10.0 Å². The van der Waals surface area contributed by atoms with Crippen LogP contribution in [0.2, 0.25) is 10.0 Å². The molecule has 0 spiro atoms. The van der Waals surface area contributed by atoms with E-state index in [1.807, 2.05) is 57.4 Å². The van der Waals surface area contributed by atoms with Gasteiger partial charge < -0.3 is 9.80 Å². The van der Waals surface area contributed by atoms with Crippen LogP contribution in [0.3, 0.4) is 0 Å². The second-order valence-electron chi connectivity index (χ2n) is 6.54. The smallest absolute Gasteiger partial charge is 0.242 e. The summed E-state index contributed by atoms with van der Waals surface area (Å²) in [6, 6.07) is 12.4. The first-order valence-corrected chi connectivity index (χ1v) is 10.4. The number of likely N-dealkylation sites (N-methyl/N-ethyl adjacent to an activating group) is 1. The summed E-state index contributed by atoms with van der Waals surface area (Å²) in [5, 5.41) is 0.467. The van der Waals surface area contributed by atoms with Crippen molar-refractivity contribution < 1.29 is 13.3 Å². The first-order valence-electron chi connectivity index (χ1n) is 8.14. The highest BCUT2D eigenvalue weighted by Crippen LogP contribution is 2.25. The van der Waals surface area contributed by atoms with Crippen LogP contribution in [0.15, 0.2) is 47.4 Å². The number of nitrogens with zero attached hydrogens (tertiary/aromatic N) is 1. The molecule has 26 heavy (non-hydrogen) atoms. The maximum atomic E-state index is 12.6. The number of quaternary nitrogens is 1. The Balaban J connectivity index is 2.21. The van der Waals surface area contributed by atoms with E-state index in [4.69, 9.17) is 23.2 Å². The molecule has 2 aromatic rings. The molecule has 0 aliphatic heterocycles. The molecule has 0 bridgehead atoms. The summed E-state index contributed by atoms with van der Waals surface area (Å²) in [5.41, 5.74) is 2.14. The molecule has 0 saturated carbocycles. The molecule has 0 aromatic heterocycles. The van der Waals surface area contributed by atoms with Crippen molar-refractivity contribution >= 4 is 38.9 Å². The maximum absolute atomic E-state index is 12.6. The molecule has 8 heteroatoms. The fourth-order valence-electron chi connectivity index (χ4n) is 2.61. The molecule has 0 saturated heterocycles. The van der Waals surface area contributed by atoms with Crippen LogP contribution in [-0.4, -0.2) is 43.2 Å². The monoisotopic (exact) mass is 416 g/mol. The molecular formula is C18H24Cl2N3O2S+. The van der Waals surface area contributed by atoms with Gasteiger partial charge in [-0.05, 0) is 30.3 Å². The van der Waals surface area contributed by atoms with Crippen molar-refractivity contribution in [2.75, 3.05) is 39.6 Å². The molecule has 142 valence electrons. The normalized spacial score (nSPS) is 13.0. The van der Waals surface area contributed by atoms with Crippen LogP contribution in [0.25, 0.3) is 0 Å². The van der Waals surface area contributed by atoms with Gasteiger partial charge >= 0.3 is 0 Å². The van der Waals surface area contributed by atoms with Crippen molar-refractivity contribution in [3.05, 3.63) is 58.1 Å². The third-order valence-corrected chi connectivity index (χ3v) is 6.31. The van der Waals surface area contributed by atoms with Crippen LogP contribution < -0.4 is 14.5 Å². The molecule has 5 nitrogen and oxygen atoms in total. The van der Waals surface area contributed by atoms with Gasteiger partial charge in [-0.2, -0.15) is 0 Å². The number of sulfonamides is 1. The van der Waals surface area contributed by atoms with Gasteiger partial charge in [-0.1, -0.05) is 35.3 Å². The van der Waals surface area contributed by atoms with Crippen molar-refractivity contribution in [2.45, 2.75) is 10.9 Å². The Bertz CT molecular complexity index is 853. The lowest BCUT2D eigenvalue weighted by molar-refractivity contribution is -0.890. The molecule has 1 atom stereocenters. The van der Waals surface area contributed by atoms with Gasteiger partial charge in [0, 0.05) is 30.4 Å². The Hall–Kier alpha value is -1.31. The molecule has 2 aromatic carbocycles. The number of hydrogen-bond donors (Lipinski definition) is 2. The minimum Gasteiger partial charge on any atom is -0.378 e. The fourth-order valence-corrected chi connectivity index (χ4v) is 4.42. The predicted octanol–water partition coefficient (Wildman–Crippen LogP) is 2.22. The average Bonchev–Trinajstić information content (AvgIpc) is 2.57. The second-order valence-corrected chi connectivity index (χ2v) is 9.12. The highest BCUT2D eigenvalue weighted by atomic mass is 35.5. The lowest BCUT2D eigenvalue weighted by atomic mass is 10.1. The van der Waals surface area contributed by atoms with Gasteiger partial charge in [0.25, 0.3) is 0 Å². The Morgan fingerprint density at radius 3 is 2.23 bits per heavy atom. The summed E-state index contributed by atoms with van der Waals surface area (Å²) in [6.45, 7) is 0.245. The molecule has 0 radical (unpaired) electrons. The van der Waals surface area contributed by atoms with Crippen molar-refractivity contribution in [2.24, 2.45) is 0 Å². The molecule has 0 fully saturated rings. The van der Waals surface area contributed by atoms with E-state index in [-0.39, 0.29) is 22.5 Å². The van der Waals surface area contributed by atoms with Gasteiger partial charge in [-0.15, -0.1) is 0 Å². The van der Waals surface area contributed by atoms with E-state index in [9.17, 15) is 8.42 Å². The average molecular weight is 417 g/mol. The number of anilines is 1. The number of benzene rings is 2. The molecule has 0 aliphatic rings. The zero-order chi connectivity index (χ0) is 19.5. The fraction of sp³-hybridized carbons (Fsp3) is 0.333. The van der Waals surface area contributed by atoms with Crippen LogP contribution >= 0.6 is 23.2 Å². The topological polar surface area (TPSA) is 53.9 Å². The lowest BCUT2D eigenvalue weighted by Crippen LogP contribution is -3.07. The van der Waals surface area contributed by atoms with E-state index >= 15 is 0 Å². The first kappa shape index (κ1) is 21.0. The molecule has 2 N–H and O–H groups in total. The standard InChI is InChI=1S/C18H23Cl2N3O2S/c1-22(2)15-8-5-13(6-9-15)17(23(3)4)12-21-26(24,25)18-11-14(19)7-10-16(18)20/h5-11,17,21H,12H2,1-4H3/p+1/t17-/m1/s1. The van der Waals surface area contributed by atoms with Crippen LogP contribution in [0, 0.1) is 0 Å². The first-order chi connectivity index (χ1) is 12.1. The zero-order valence-electron chi connectivity index (χ0n) is 15.3. The third-order valence-electron chi connectivity index (χ3n) is 4.17. The van der Waals surface area contributed by atoms with Gasteiger partial charge in [-0.25, -0.2) is 13.1 Å². The van der Waals surface area contributed by atoms with Crippen LogP contribution in [-0.2, 0) is 10.0 Å². The SMILES string of the molecule is CN(C)c1ccc([C@@H](CNS(=O)(=O)c2cc(Cl)ccc2Cl)[NH+](C)C)cc1. The highest BCUT2D eigenvalue weighted by Gasteiger charge is 2.24. The minimum absolute atomic E-state index is 0.0119. The van der Waals surface area contributed by atoms with Crippen LogP contribution in [0.1, 0.15) is 11.6 Å².